The van der Waals surface area contributed by atoms with E-state index in [-0.39, 0.29) is 5.97 Å². The molecule has 0 heterocycles. The van der Waals surface area contributed by atoms with Crippen molar-refractivity contribution in [3.63, 3.8) is 0 Å². The molecule has 0 aromatic rings. The van der Waals surface area contributed by atoms with Crippen LogP contribution in [-0.2, 0) is 9.53 Å². The van der Waals surface area contributed by atoms with E-state index in [1.165, 1.54) is 7.11 Å². The van der Waals surface area contributed by atoms with Gasteiger partial charge in [-0.1, -0.05) is 18.7 Å². The number of ether oxygens (including phenoxy) is 1. The Kier molecular flexibility index (Phi) is 5.13. The van der Waals surface area contributed by atoms with Crippen LogP contribution < -0.4 is 0 Å². The van der Waals surface area contributed by atoms with Crippen molar-refractivity contribution in [3.05, 3.63) is 47.1 Å². The van der Waals surface area contributed by atoms with Gasteiger partial charge in [-0.25, -0.2) is 4.79 Å². The van der Waals surface area contributed by atoms with Gasteiger partial charge in [-0.3, -0.25) is 0 Å². The summed E-state index contributed by atoms with van der Waals surface area (Å²) < 4.78 is 4.78. The molecule has 3 nitrogen and oxygen atoms in total. The Bertz CT molecular complexity index is 487. The first kappa shape index (κ1) is 14.0. The maximum Gasteiger partial charge on any atom is 0.334 e. The largest absolute Gasteiger partial charge is 0.466 e. The summed E-state index contributed by atoms with van der Waals surface area (Å²) in [6.07, 6.45) is 7.66. The summed E-state index contributed by atoms with van der Waals surface area (Å²) >= 11 is 0. The van der Waals surface area contributed by atoms with Crippen molar-refractivity contribution in [1.82, 2.24) is 0 Å². The van der Waals surface area contributed by atoms with Crippen molar-refractivity contribution < 1.29 is 9.53 Å². The van der Waals surface area contributed by atoms with Crippen LogP contribution in [0.2, 0.25) is 0 Å². The molecule has 0 amide bonds. The first-order valence-electron chi connectivity index (χ1n) is 5.89. The van der Waals surface area contributed by atoms with Crippen LogP contribution >= 0.6 is 0 Å². The summed E-state index contributed by atoms with van der Waals surface area (Å²) in [4.78, 5) is 11.6. The summed E-state index contributed by atoms with van der Waals surface area (Å²) in [5.74, 6) is -0.283. The molecule has 0 radical (unpaired) electrons. The Labute approximate surface area is 108 Å². The van der Waals surface area contributed by atoms with Gasteiger partial charge in [-0.05, 0) is 43.4 Å². The number of rotatable bonds is 4. The molecule has 0 aromatic heterocycles. The van der Waals surface area contributed by atoms with E-state index in [0.29, 0.717) is 11.1 Å². The van der Waals surface area contributed by atoms with Crippen LogP contribution in [0.5, 0.6) is 0 Å². The van der Waals surface area contributed by atoms with Gasteiger partial charge in [0, 0.05) is 11.1 Å². The minimum absolute atomic E-state index is 0.283. The average molecular weight is 243 g/mol. The highest BCUT2D eigenvalue weighted by Gasteiger charge is 2.22. The molecule has 1 rings (SSSR count). The van der Waals surface area contributed by atoms with E-state index in [1.807, 2.05) is 0 Å². The van der Waals surface area contributed by atoms with Crippen molar-refractivity contribution in [2.75, 3.05) is 7.11 Å². The second kappa shape index (κ2) is 6.61. The van der Waals surface area contributed by atoms with Gasteiger partial charge >= 0.3 is 5.97 Å². The Balaban J connectivity index is 3.20. The maximum absolute atomic E-state index is 11.6. The summed E-state index contributed by atoms with van der Waals surface area (Å²) in [6.45, 7) is 5.56. The van der Waals surface area contributed by atoms with Crippen molar-refractivity contribution in [3.8, 4) is 6.07 Å². The van der Waals surface area contributed by atoms with Gasteiger partial charge in [-0.15, -0.1) is 0 Å². The molecule has 0 saturated carbocycles. The number of carbonyl (C=O) groups excluding carboxylic acids is 1. The molecule has 0 spiro atoms. The van der Waals surface area contributed by atoms with Gasteiger partial charge in [0.05, 0.1) is 13.2 Å². The highest BCUT2D eigenvalue weighted by Crippen LogP contribution is 2.33. The van der Waals surface area contributed by atoms with Gasteiger partial charge in [0.25, 0.3) is 0 Å². The third-order valence-corrected chi connectivity index (χ3v) is 2.97. The average Bonchev–Trinajstić information content (AvgIpc) is 2.88. The summed E-state index contributed by atoms with van der Waals surface area (Å²) in [5.41, 5.74) is 3.06. The molecule has 18 heavy (non-hydrogen) atoms. The third kappa shape index (κ3) is 2.98. The zero-order valence-corrected chi connectivity index (χ0v) is 10.8. The van der Waals surface area contributed by atoms with E-state index >= 15 is 0 Å². The van der Waals surface area contributed by atoms with Gasteiger partial charge in [0.1, 0.15) is 0 Å². The Morgan fingerprint density at radius 1 is 1.44 bits per heavy atom. The fourth-order valence-electron chi connectivity index (χ4n) is 2.03. The molecule has 0 N–H and O–H groups in total. The normalized spacial score (nSPS) is 16.5. The molecule has 0 aromatic carbocycles. The summed E-state index contributed by atoms with van der Waals surface area (Å²) in [6, 6.07) is 2.10. The Morgan fingerprint density at radius 2 is 2.11 bits per heavy atom. The molecule has 0 atom stereocenters. The Morgan fingerprint density at radius 3 is 2.61 bits per heavy atom. The predicted octanol–water partition coefficient (Wildman–Crippen LogP) is 3.22. The second-order valence-corrected chi connectivity index (χ2v) is 3.96. The minimum atomic E-state index is -0.283. The van der Waals surface area contributed by atoms with E-state index in [1.54, 1.807) is 25.2 Å². The van der Waals surface area contributed by atoms with Crippen LogP contribution in [-0.4, -0.2) is 13.1 Å². The molecular weight excluding hydrogens is 226 g/mol. The van der Waals surface area contributed by atoms with Crippen LogP contribution in [0.4, 0.5) is 0 Å². The zero-order valence-electron chi connectivity index (χ0n) is 10.8. The molecule has 0 unspecified atom stereocenters. The molecule has 1 aliphatic rings. The lowest BCUT2D eigenvalue weighted by Gasteiger charge is -2.07. The van der Waals surface area contributed by atoms with Gasteiger partial charge in [0.15, 0.2) is 0 Å². The van der Waals surface area contributed by atoms with Crippen LogP contribution in [0.1, 0.15) is 26.2 Å². The number of nitriles is 1. The topological polar surface area (TPSA) is 50.1 Å². The number of nitrogens with zero attached hydrogens (tertiary/aromatic N) is 1. The quantitative estimate of drug-likeness (QED) is 0.432. The summed E-state index contributed by atoms with van der Waals surface area (Å²) in [7, 11) is 1.38. The van der Waals surface area contributed by atoms with Crippen LogP contribution in [0.15, 0.2) is 47.1 Å². The number of esters is 1. The molecule has 0 saturated heterocycles. The number of methoxy groups -OCH3 is 1. The Hall–Kier alpha value is -2.08. The monoisotopic (exact) mass is 243 g/mol. The maximum atomic E-state index is 11.6. The smallest absolute Gasteiger partial charge is 0.334 e. The SMILES string of the molecule is C=C/C(=C\C(C#N)=C/C)C1=C(C(=O)OC)CCC1. The van der Waals surface area contributed by atoms with Gasteiger partial charge in [-0.2, -0.15) is 5.26 Å². The van der Waals surface area contributed by atoms with E-state index in [0.717, 1.165) is 30.4 Å². The minimum Gasteiger partial charge on any atom is -0.466 e. The highest BCUT2D eigenvalue weighted by atomic mass is 16.5. The lowest BCUT2D eigenvalue weighted by molar-refractivity contribution is -0.136. The first-order valence-corrected chi connectivity index (χ1v) is 5.89. The standard InChI is InChI=1S/C15H17NO2/c1-4-11(10-16)9-12(5-2)13-7-6-8-14(13)15(17)18-3/h4-5,9H,2,6-8H2,1,3H3/b11-4+,12-9+. The highest BCUT2D eigenvalue weighted by molar-refractivity contribution is 5.91. The number of hydrogen-bond acceptors (Lipinski definition) is 3. The third-order valence-electron chi connectivity index (χ3n) is 2.97. The van der Waals surface area contributed by atoms with E-state index in [9.17, 15) is 4.79 Å². The van der Waals surface area contributed by atoms with E-state index in [2.05, 4.69) is 12.6 Å². The lowest BCUT2D eigenvalue weighted by Crippen LogP contribution is -2.05. The molecular formula is C15H17NO2. The molecule has 94 valence electrons. The molecule has 1 aliphatic carbocycles. The fraction of sp³-hybridized carbons (Fsp3) is 0.333. The predicted molar refractivity (Wildman–Crippen MR) is 70.5 cm³/mol. The van der Waals surface area contributed by atoms with Crippen molar-refractivity contribution in [2.45, 2.75) is 26.2 Å². The number of hydrogen-bond donors (Lipinski definition) is 0. The molecule has 0 aliphatic heterocycles. The molecule has 3 heteroatoms. The zero-order chi connectivity index (χ0) is 13.5. The first-order chi connectivity index (χ1) is 8.67. The van der Waals surface area contributed by atoms with E-state index in [4.69, 9.17) is 10.00 Å². The fourth-order valence-corrected chi connectivity index (χ4v) is 2.03. The van der Waals surface area contributed by atoms with Gasteiger partial charge in [0.2, 0.25) is 0 Å². The van der Waals surface area contributed by atoms with Crippen LogP contribution in [0, 0.1) is 11.3 Å². The molecule has 0 fully saturated rings. The molecule has 0 bridgehead atoms. The van der Waals surface area contributed by atoms with Crippen LogP contribution in [0.3, 0.4) is 0 Å². The van der Waals surface area contributed by atoms with Crippen molar-refractivity contribution >= 4 is 5.97 Å². The summed E-state index contributed by atoms with van der Waals surface area (Å²) in [5, 5.41) is 8.93. The van der Waals surface area contributed by atoms with E-state index < -0.39 is 0 Å². The van der Waals surface area contributed by atoms with Crippen LogP contribution in [0.25, 0.3) is 0 Å². The lowest BCUT2D eigenvalue weighted by atomic mass is 9.99. The second-order valence-electron chi connectivity index (χ2n) is 3.96. The van der Waals surface area contributed by atoms with Gasteiger partial charge < -0.3 is 4.74 Å². The number of carbonyl (C=O) groups is 1. The number of allylic oxidation sites excluding steroid dienone is 6. The van der Waals surface area contributed by atoms with Crippen molar-refractivity contribution in [2.24, 2.45) is 0 Å². The van der Waals surface area contributed by atoms with Crippen molar-refractivity contribution in [1.29, 1.82) is 5.26 Å².